The van der Waals surface area contributed by atoms with Gasteiger partial charge >= 0.3 is 0 Å². The molecule has 0 aliphatic rings. The largest absolute Gasteiger partial charge is 0.385 e. The van der Waals surface area contributed by atoms with E-state index in [1.807, 2.05) is 12.1 Å². The first-order chi connectivity index (χ1) is 6.43. The fourth-order valence-corrected chi connectivity index (χ4v) is 1.34. The molecule has 1 rings (SSSR count). The maximum atomic E-state index is 4.99. The Morgan fingerprint density at radius 1 is 1.15 bits per heavy atom. The van der Waals surface area contributed by atoms with E-state index in [4.69, 9.17) is 4.74 Å². The SMILES string of the molecule is COCCCCCc1cc[c]cc1. The summed E-state index contributed by atoms with van der Waals surface area (Å²) < 4.78 is 4.99. The lowest BCUT2D eigenvalue weighted by Gasteiger charge is -2.00. The number of hydrogen-bond donors (Lipinski definition) is 0. The molecule has 1 aromatic rings. The summed E-state index contributed by atoms with van der Waals surface area (Å²) >= 11 is 0. The number of methoxy groups -OCH3 is 1. The van der Waals surface area contributed by atoms with Crippen molar-refractivity contribution in [1.82, 2.24) is 0 Å². The highest BCUT2D eigenvalue weighted by atomic mass is 16.5. The summed E-state index contributed by atoms with van der Waals surface area (Å²) in [6, 6.07) is 11.2. The molecule has 0 saturated carbocycles. The third-order valence-corrected chi connectivity index (χ3v) is 2.10. The summed E-state index contributed by atoms with van der Waals surface area (Å²) in [5, 5.41) is 0. The van der Waals surface area contributed by atoms with E-state index < -0.39 is 0 Å². The Balaban J connectivity index is 2.07. The van der Waals surface area contributed by atoms with E-state index in [1.165, 1.54) is 31.2 Å². The van der Waals surface area contributed by atoms with Gasteiger partial charge in [0.25, 0.3) is 0 Å². The second kappa shape index (κ2) is 6.67. The van der Waals surface area contributed by atoms with Crippen LogP contribution in [0.15, 0.2) is 24.3 Å². The summed E-state index contributed by atoms with van der Waals surface area (Å²) in [4.78, 5) is 0. The van der Waals surface area contributed by atoms with Crippen LogP contribution in [0.4, 0.5) is 0 Å². The first-order valence-electron chi connectivity index (χ1n) is 4.87. The fourth-order valence-electron chi connectivity index (χ4n) is 1.34. The van der Waals surface area contributed by atoms with E-state index in [1.54, 1.807) is 7.11 Å². The van der Waals surface area contributed by atoms with Gasteiger partial charge in [0.05, 0.1) is 0 Å². The molecule has 1 radical (unpaired) electrons. The van der Waals surface area contributed by atoms with Gasteiger partial charge in [-0.25, -0.2) is 0 Å². The molecule has 0 amide bonds. The molecule has 13 heavy (non-hydrogen) atoms. The average molecular weight is 177 g/mol. The van der Waals surface area contributed by atoms with E-state index in [0.29, 0.717) is 0 Å². The molecule has 0 atom stereocenters. The Morgan fingerprint density at radius 2 is 1.92 bits per heavy atom. The molecule has 1 heteroatoms. The van der Waals surface area contributed by atoms with Crippen molar-refractivity contribution in [3.8, 4) is 0 Å². The topological polar surface area (TPSA) is 9.23 Å². The molecule has 0 aliphatic carbocycles. The van der Waals surface area contributed by atoms with E-state index in [9.17, 15) is 0 Å². The van der Waals surface area contributed by atoms with Gasteiger partial charge < -0.3 is 4.74 Å². The fraction of sp³-hybridized carbons (Fsp3) is 0.500. The number of benzene rings is 1. The zero-order valence-electron chi connectivity index (χ0n) is 8.25. The number of aryl methyl sites for hydroxylation is 1. The minimum atomic E-state index is 0.891. The van der Waals surface area contributed by atoms with Gasteiger partial charge in [-0.15, -0.1) is 0 Å². The van der Waals surface area contributed by atoms with Crippen molar-refractivity contribution < 1.29 is 4.74 Å². The van der Waals surface area contributed by atoms with Crippen LogP contribution in [0, 0.1) is 6.07 Å². The highest BCUT2D eigenvalue weighted by Gasteiger charge is 1.91. The van der Waals surface area contributed by atoms with Crippen LogP contribution in [0.1, 0.15) is 24.8 Å². The Hall–Kier alpha value is -0.820. The smallest absolute Gasteiger partial charge is 0.0462 e. The van der Waals surface area contributed by atoms with Gasteiger partial charge in [-0.1, -0.05) is 30.7 Å². The van der Waals surface area contributed by atoms with Crippen LogP contribution in [0.2, 0.25) is 0 Å². The molecule has 0 heterocycles. The maximum Gasteiger partial charge on any atom is 0.0462 e. The van der Waals surface area contributed by atoms with Gasteiger partial charge in [0.1, 0.15) is 0 Å². The first kappa shape index (κ1) is 10.3. The highest BCUT2D eigenvalue weighted by molar-refractivity contribution is 5.13. The Morgan fingerprint density at radius 3 is 2.62 bits per heavy atom. The summed E-state index contributed by atoms with van der Waals surface area (Å²) in [7, 11) is 1.76. The predicted octanol–water partition coefficient (Wildman–Crippen LogP) is 2.85. The normalized spacial score (nSPS) is 10.2. The predicted molar refractivity (Wildman–Crippen MR) is 54.7 cm³/mol. The molecule has 0 spiro atoms. The van der Waals surface area contributed by atoms with E-state index in [2.05, 4.69) is 18.2 Å². The molecule has 1 aromatic carbocycles. The van der Waals surface area contributed by atoms with Gasteiger partial charge in [0.2, 0.25) is 0 Å². The molecule has 1 nitrogen and oxygen atoms in total. The van der Waals surface area contributed by atoms with Crippen molar-refractivity contribution in [2.45, 2.75) is 25.7 Å². The van der Waals surface area contributed by atoms with Crippen LogP contribution in [0.25, 0.3) is 0 Å². The monoisotopic (exact) mass is 177 g/mol. The zero-order valence-corrected chi connectivity index (χ0v) is 8.25. The summed E-state index contributed by atoms with van der Waals surface area (Å²) in [6.45, 7) is 0.891. The van der Waals surface area contributed by atoms with Gasteiger partial charge in [0.15, 0.2) is 0 Å². The standard InChI is InChI=1S/C12H17O/c1-13-11-7-3-6-10-12-8-4-2-5-9-12/h4-5,8-9H,3,6-7,10-11H2,1H3. The Bertz CT molecular complexity index is 206. The minimum Gasteiger partial charge on any atom is -0.385 e. The summed E-state index contributed by atoms with van der Waals surface area (Å²) in [5.74, 6) is 0. The van der Waals surface area contributed by atoms with Gasteiger partial charge in [-0.2, -0.15) is 0 Å². The average Bonchev–Trinajstić information content (AvgIpc) is 2.19. The zero-order chi connectivity index (χ0) is 9.36. The van der Waals surface area contributed by atoms with Crippen molar-refractivity contribution in [3.63, 3.8) is 0 Å². The van der Waals surface area contributed by atoms with E-state index in [0.717, 1.165) is 6.61 Å². The van der Waals surface area contributed by atoms with Crippen LogP contribution in [0.3, 0.4) is 0 Å². The molecule has 0 bridgehead atoms. The third-order valence-electron chi connectivity index (χ3n) is 2.10. The molecule has 0 aromatic heterocycles. The lowest BCUT2D eigenvalue weighted by atomic mass is 10.1. The molecule has 0 unspecified atom stereocenters. The number of rotatable bonds is 6. The van der Waals surface area contributed by atoms with Crippen molar-refractivity contribution >= 4 is 0 Å². The Labute approximate surface area is 80.7 Å². The van der Waals surface area contributed by atoms with E-state index in [-0.39, 0.29) is 0 Å². The minimum absolute atomic E-state index is 0.891. The number of unbranched alkanes of at least 4 members (excludes halogenated alkanes) is 2. The van der Waals surface area contributed by atoms with Crippen LogP contribution in [0.5, 0.6) is 0 Å². The molecule has 0 fully saturated rings. The summed E-state index contributed by atoms with van der Waals surface area (Å²) in [5.41, 5.74) is 1.41. The maximum absolute atomic E-state index is 4.99. The van der Waals surface area contributed by atoms with Gasteiger partial charge in [-0.05, 0) is 30.9 Å². The number of ether oxygens (including phenoxy) is 1. The lowest BCUT2D eigenvalue weighted by molar-refractivity contribution is 0.192. The van der Waals surface area contributed by atoms with Crippen LogP contribution >= 0.6 is 0 Å². The molecular weight excluding hydrogens is 160 g/mol. The second-order valence-corrected chi connectivity index (χ2v) is 3.21. The quantitative estimate of drug-likeness (QED) is 0.607. The van der Waals surface area contributed by atoms with Crippen LogP contribution < -0.4 is 0 Å². The van der Waals surface area contributed by atoms with Crippen molar-refractivity contribution in [2.24, 2.45) is 0 Å². The van der Waals surface area contributed by atoms with Crippen molar-refractivity contribution in [2.75, 3.05) is 13.7 Å². The lowest BCUT2D eigenvalue weighted by Crippen LogP contribution is -1.90. The number of hydrogen-bond acceptors (Lipinski definition) is 1. The molecular formula is C12H17O. The van der Waals surface area contributed by atoms with Crippen LogP contribution in [-0.4, -0.2) is 13.7 Å². The van der Waals surface area contributed by atoms with E-state index >= 15 is 0 Å². The van der Waals surface area contributed by atoms with Crippen LogP contribution in [-0.2, 0) is 11.2 Å². The molecule has 0 saturated heterocycles. The summed E-state index contributed by atoms with van der Waals surface area (Å²) in [6.07, 6.45) is 4.87. The Kier molecular flexibility index (Phi) is 5.27. The third kappa shape index (κ3) is 4.69. The molecule has 71 valence electrons. The first-order valence-corrected chi connectivity index (χ1v) is 4.87. The highest BCUT2D eigenvalue weighted by Crippen LogP contribution is 2.05. The molecule has 0 aliphatic heterocycles. The second-order valence-electron chi connectivity index (χ2n) is 3.21. The van der Waals surface area contributed by atoms with Gasteiger partial charge in [0, 0.05) is 13.7 Å². The molecule has 0 N–H and O–H groups in total. The van der Waals surface area contributed by atoms with Crippen molar-refractivity contribution in [3.05, 3.63) is 35.9 Å². The van der Waals surface area contributed by atoms with Gasteiger partial charge in [-0.3, -0.25) is 0 Å². The van der Waals surface area contributed by atoms with Crippen molar-refractivity contribution in [1.29, 1.82) is 0 Å².